The Kier molecular flexibility index (Phi) is 4.73. The zero-order valence-electron chi connectivity index (χ0n) is 10.7. The molecule has 0 saturated heterocycles. The topological polar surface area (TPSA) is 42.2 Å². The monoisotopic (exact) mass is 261 g/mol. The van der Waals surface area contributed by atoms with Crippen LogP contribution in [0.5, 0.6) is 0 Å². The Balaban J connectivity index is 2.04. The predicted octanol–water partition coefficient (Wildman–Crippen LogP) is 3.14. The van der Waals surface area contributed by atoms with Crippen LogP contribution in [0.2, 0.25) is 0 Å². The summed E-state index contributed by atoms with van der Waals surface area (Å²) in [7, 11) is 0. The summed E-state index contributed by atoms with van der Waals surface area (Å²) in [4.78, 5) is 6.74. The first-order valence-corrected chi connectivity index (χ1v) is 7.11. The Morgan fingerprint density at radius 2 is 2.11 bits per heavy atom. The second-order valence-electron chi connectivity index (χ2n) is 4.34. The molecule has 0 radical (unpaired) electrons. The van der Waals surface area contributed by atoms with Gasteiger partial charge >= 0.3 is 0 Å². The molecule has 96 valence electrons. The number of hydrogen-bond donors (Lipinski definition) is 1. The molecule has 2 aromatic rings. The summed E-state index contributed by atoms with van der Waals surface area (Å²) in [6.45, 7) is 5.05. The van der Waals surface area contributed by atoms with E-state index in [-0.39, 0.29) is 0 Å². The van der Waals surface area contributed by atoms with Crippen LogP contribution >= 0.6 is 11.3 Å². The molecule has 0 amide bonds. The zero-order chi connectivity index (χ0) is 12.8. The molecule has 2 N–H and O–H groups in total. The van der Waals surface area contributed by atoms with Gasteiger partial charge in [0.15, 0.2) is 0 Å². The number of hydrogen-bond acceptors (Lipinski definition) is 4. The molecular formula is C14H19N3S. The fourth-order valence-corrected chi connectivity index (χ4v) is 2.63. The second kappa shape index (κ2) is 6.52. The number of anilines is 1. The van der Waals surface area contributed by atoms with Crippen LogP contribution in [0.1, 0.15) is 23.9 Å². The highest BCUT2D eigenvalue weighted by atomic mass is 32.1. The van der Waals surface area contributed by atoms with E-state index in [9.17, 15) is 0 Å². The van der Waals surface area contributed by atoms with Crippen molar-refractivity contribution in [2.45, 2.75) is 26.4 Å². The molecule has 1 aromatic carbocycles. The molecule has 1 heterocycles. The number of para-hydroxylation sites is 1. The second-order valence-corrected chi connectivity index (χ2v) is 5.31. The number of rotatable bonds is 6. The highest BCUT2D eigenvalue weighted by molar-refractivity contribution is 7.09. The molecule has 4 heteroatoms. The smallest absolute Gasteiger partial charge is 0.107 e. The minimum atomic E-state index is 0.873. The van der Waals surface area contributed by atoms with Crippen LogP contribution in [-0.4, -0.2) is 16.4 Å². The molecule has 1 aromatic heterocycles. The van der Waals surface area contributed by atoms with Crippen LogP contribution in [0.3, 0.4) is 0 Å². The van der Waals surface area contributed by atoms with Gasteiger partial charge in [-0.25, -0.2) is 4.98 Å². The fraction of sp³-hybridized carbons (Fsp3) is 0.357. The molecule has 0 bridgehead atoms. The third-order valence-electron chi connectivity index (χ3n) is 2.83. The Morgan fingerprint density at radius 1 is 1.28 bits per heavy atom. The zero-order valence-corrected chi connectivity index (χ0v) is 11.5. The molecule has 2 rings (SSSR count). The van der Waals surface area contributed by atoms with Crippen molar-refractivity contribution in [1.29, 1.82) is 0 Å². The molecule has 0 aliphatic carbocycles. The van der Waals surface area contributed by atoms with Crippen LogP contribution in [0.15, 0.2) is 35.8 Å². The molecule has 0 atom stereocenters. The summed E-state index contributed by atoms with van der Waals surface area (Å²) in [5.41, 5.74) is 8.07. The van der Waals surface area contributed by atoms with Crippen LogP contribution in [0, 0.1) is 0 Å². The van der Waals surface area contributed by atoms with E-state index in [2.05, 4.69) is 22.9 Å². The van der Waals surface area contributed by atoms with Gasteiger partial charge in [0.2, 0.25) is 0 Å². The normalized spacial score (nSPS) is 11.0. The van der Waals surface area contributed by atoms with Gasteiger partial charge in [0.05, 0.1) is 6.54 Å². The van der Waals surface area contributed by atoms with Crippen LogP contribution < -0.4 is 5.73 Å². The van der Waals surface area contributed by atoms with Gasteiger partial charge in [-0.15, -0.1) is 11.3 Å². The van der Waals surface area contributed by atoms with Gasteiger partial charge in [-0.1, -0.05) is 25.1 Å². The quantitative estimate of drug-likeness (QED) is 0.812. The van der Waals surface area contributed by atoms with Crippen molar-refractivity contribution < 1.29 is 0 Å². The van der Waals surface area contributed by atoms with Crippen LogP contribution in [-0.2, 0) is 13.1 Å². The third kappa shape index (κ3) is 3.55. The SMILES string of the molecule is CCCN(Cc1nccs1)Cc1ccccc1N. The van der Waals surface area contributed by atoms with E-state index < -0.39 is 0 Å². The number of benzene rings is 1. The maximum absolute atomic E-state index is 6.00. The highest BCUT2D eigenvalue weighted by Crippen LogP contribution is 2.16. The molecule has 0 fully saturated rings. The summed E-state index contributed by atoms with van der Waals surface area (Å²) in [5.74, 6) is 0. The predicted molar refractivity (Wildman–Crippen MR) is 77.4 cm³/mol. The Bertz CT molecular complexity index is 468. The van der Waals surface area contributed by atoms with Crippen LogP contribution in [0.4, 0.5) is 5.69 Å². The van der Waals surface area contributed by atoms with Crippen molar-refractivity contribution in [3.05, 3.63) is 46.4 Å². The fourth-order valence-electron chi connectivity index (χ4n) is 1.97. The standard InChI is InChI=1S/C14H19N3S/c1-2-8-17(11-14-16-7-9-18-14)10-12-5-3-4-6-13(12)15/h3-7,9H,2,8,10-11,15H2,1H3. The molecular weight excluding hydrogens is 242 g/mol. The largest absolute Gasteiger partial charge is 0.398 e. The lowest BCUT2D eigenvalue weighted by Gasteiger charge is -2.21. The first-order valence-electron chi connectivity index (χ1n) is 6.23. The van der Waals surface area contributed by atoms with Crippen molar-refractivity contribution in [1.82, 2.24) is 9.88 Å². The number of nitrogen functional groups attached to an aromatic ring is 1. The van der Waals surface area contributed by atoms with Gasteiger partial charge in [-0.2, -0.15) is 0 Å². The maximum atomic E-state index is 6.00. The number of thiazole rings is 1. The minimum Gasteiger partial charge on any atom is -0.398 e. The Labute approximate surface area is 112 Å². The van der Waals surface area contributed by atoms with Crippen molar-refractivity contribution in [3.8, 4) is 0 Å². The van der Waals surface area contributed by atoms with Crippen molar-refractivity contribution >= 4 is 17.0 Å². The van der Waals surface area contributed by atoms with E-state index >= 15 is 0 Å². The lowest BCUT2D eigenvalue weighted by molar-refractivity contribution is 0.257. The Hall–Kier alpha value is -1.39. The van der Waals surface area contributed by atoms with Gasteiger partial charge in [0.25, 0.3) is 0 Å². The van der Waals surface area contributed by atoms with Crippen molar-refractivity contribution in [2.75, 3.05) is 12.3 Å². The van der Waals surface area contributed by atoms with E-state index in [1.165, 1.54) is 5.56 Å². The van der Waals surface area contributed by atoms with Crippen molar-refractivity contribution in [2.24, 2.45) is 0 Å². The van der Waals surface area contributed by atoms with E-state index in [4.69, 9.17) is 5.73 Å². The van der Waals surface area contributed by atoms with E-state index in [1.807, 2.05) is 29.8 Å². The lowest BCUT2D eigenvalue weighted by atomic mass is 10.1. The molecule has 18 heavy (non-hydrogen) atoms. The molecule has 0 aliphatic heterocycles. The number of nitrogens with zero attached hydrogens (tertiary/aromatic N) is 2. The third-order valence-corrected chi connectivity index (χ3v) is 3.60. The highest BCUT2D eigenvalue weighted by Gasteiger charge is 2.09. The number of nitrogens with two attached hydrogens (primary N) is 1. The first-order chi connectivity index (χ1) is 8.79. The average Bonchev–Trinajstić information content (AvgIpc) is 2.85. The summed E-state index contributed by atoms with van der Waals surface area (Å²) in [6.07, 6.45) is 3.00. The first kappa shape index (κ1) is 13.1. The number of aromatic nitrogens is 1. The van der Waals surface area contributed by atoms with Crippen molar-refractivity contribution in [3.63, 3.8) is 0 Å². The molecule has 0 saturated carbocycles. The van der Waals surface area contributed by atoms with Gasteiger partial charge in [0, 0.05) is 23.8 Å². The molecule has 3 nitrogen and oxygen atoms in total. The van der Waals surface area contributed by atoms with Gasteiger partial charge in [-0.3, -0.25) is 4.90 Å². The van der Waals surface area contributed by atoms with Gasteiger partial charge in [0.1, 0.15) is 5.01 Å². The summed E-state index contributed by atoms with van der Waals surface area (Å²) in [5, 5.41) is 3.19. The molecule has 0 unspecified atom stereocenters. The summed E-state index contributed by atoms with van der Waals surface area (Å²) >= 11 is 1.71. The van der Waals surface area contributed by atoms with Gasteiger partial charge < -0.3 is 5.73 Å². The molecule has 0 aliphatic rings. The van der Waals surface area contributed by atoms with Crippen LogP contribution in [0.25, 0.3) is 0 Å². The molecule has 0 spiro atoms. The lowest BCUT2D eigenvalue weighted by Crippen LogP contribution is -2.24. The van der Waals surface area contributed by atoms with E-state index in [1.54, 1.807) is 11.3 Å². The maximum Gasteiger partial charge on any atom is 0.107 e. The summed E-state index contributed by atoms with van der Waals surface area (Å²) < 4.78 is 0. The minimum absolute atomic E-state index is 0.873. The van der Waals surface area contributed by atoms with Gasteiger partial charge in [-0.05, 0) is 24.6 Å². The Morgan fingerprint density at radius 3 is 2.78 bits per heavy atom. The average molecular weight is 261 g/mol. The summed E-state index contributed by atoms with van der Waals surface area (Å²) in [6, 6.07) is 8.08. The van der Waals surface area contributed by atoms with E-state index in [0.29, 0.717) is 0 Å². The van der Waals surface area contributed by atoms with E-state index in [0.717, 1.165) is 36.8 Å².